The van der Waals surface area contributed by atoms with Crippen LogP contribution in [0.4, 0.5) is 5.69 Å². The molecule has 1 N–H and O–H groups in total. The predicted molar refractivity (Wildman–Crippen MR) is 96.7 cm³/mol. The van der Waals surface area contributed by atoms with Gasteiger partial charge in [0.1, 0.15) is 0 Å². The highest BCUT2D eigenvalue weighted by atomic mass is 16.5. The van der Waals surface area contributed by atoms with E-state index >= 15 is 0 Å². The third-order valence-electron chi connectivity index (χ3n) is 5.25. The Bertz CT molecular complexity index is 714. The van der Waals surface area contributed by atoms with Crippen LogP contribution in [-0.4, -0.2) is 42.2 Å². The van der Waals surface area contributed by atoms with Crippen molar-refractivity contribution in [2.75, 3.05) is 24.6 Å². The number of benzene rings is 1. The molecule has 2 aliphatic rings. The first-order chi connectivity index (χ1) is 12.3. The van der Waals surface area contributed by atoms with Gasteiger partial charge in [-0.15, -0.1) is 0 Å². The number of ether oxygens (including phenoxy) is 1. The Morgan fingerprint density at radius 1 is 1.12 bits per heavy atom. The van der Waals surface area contributed by atoms with E-state index in [0.717, 1.165) is 38.0 Å². The SMILES string of the molecule is O=C(c1ccncc1)N(c1ccccc1)C1COC2(CCNCC2)C1. The van der Waals surface area contributed by atoms with Crippen molar-refractivity contribution in [1.82, 2.24) is 10.3 Å². The monoisotopic (exact) mass is 337 g/mol. The second-order valence-electron chi connectivity index (χ2n) is 6.85. The molecule has 0 radical (unpaired) electrons. The van der Waals surface area contributed by atoms with E-state index in [4.69, 9.17) is 4.74 Å². The minimum Gasteiger partial charge on any atom is -0.373 e. The molecule has 1 aromatic heterocycles. The second-order valence-corrected chi connectivity index (χ2v) is 6.85. The lowest BCUT2D eigenvalue weighted by atomic mass is 9.87. The Labute approximate surface area is 148 Å². The van der Waals surface area contributed by atoms with Crippen LogP contribution in [0.2, 0.25) is 0 Å². The quantitative estimate of drug-likeness (QED) is 0.935. The molecule has 2 fully saturated rings. The van der Waals surface area contributed by atoms with Gasteiger partial charge in [0.25, 0.3) is 5.91 Å². The van der Waals surface area contributed by atoms with Gasteiger partial charge in [-0.05, 0) is 56.6 Å². The summed E-state index contributed by atoms with van der Waals surface area (Å²) in [5, 5.41) is 3.39. The van der Waals surface area contributed by atoms with E-state index in [1.54, 1.807) is 24.5 Å². The minimum atomic E-state index is -0.0819. The van der Waals surface area contributed by atoms with Gasteiger partial charge in [0, 0.05) is 23.6 Å². The van der Waals surface area contributed by atoms with Crippen molar-refractivity contribution in [3.05, 3.63) is 60.4 Å². The van der Waals surface area contributed by atoms with E-state index < -0.39 is 0 Å². The van der Waals surface area contributed by atoms with Gasteiger partial charge >= 0.3 is 0 Å². The van der Waals surface area contributed by atoms with Crippen LogP contribution in [0.1, 0.15) is 29.6 Å². The molecule has 5 heteroatoms. The molecule has 130 valence electrons. The zero-order valence-corrected chi connectivity index (χ0v) is 14.2. The van der Waals surface area contributed by atoms with Gasteiger partial charge in [0.15, 0.2) is 0 Å². The summed E-state index contributed by atoms with van der Waals surface area (Å²) in [5.74, 6) is 0.00758. The largest absolute Gasteiger partial charge is 0.373 e. The lowest BCUT2D eigenvalue weighted by Crippen LogP contribution is -2.44. The van der Waals surface area contributed by atoms with Gasteiger partial charge in [-0.1, -0.05) is 18.2 Å². The van der Waals surface area contributed by atoms with Crippen LogP contribution in [0.3, 0.4) is 0 Å². The van der Waals surface area contributed by atoms with E-state index in [1.165, 1.54) is 0 Å². The molecule has 1 aromatic carbocycles. The number of carbonyl (C=O) groups is 1. The molecule has 1 spiro atoms. The number of nitrogens with zero attached hydrogens (tertiary/aromatic N) is 2. The zero-order valence-electron chi connectivity index (χ0n) is 14.2. The number of para-hydroxylation sites is 1. The average Bonchev–Trinajstić information content (AvgIpc) is 3.07. The lowest BCUT2D eigenvalue weighted by Gasteiger charge is -2.34. The Kier molecular flexibility index (Phi) is 4.51. The number of rotatable bonds is 3. The molecule has 5 nitrogen and oxygen atoms in total. The summed E-state index contributed by atoms with van der Waals surface area (Å²) >= 11 is 0. The number of amides is 1. The zero-order chi connectivity index (χ0) is 17.1. The van der Waals surface area contributed by atoms with Crippen LogP contribution >= 0.6 is 0 Å². The fourth-order valence-electron chi connectivity index (χ4n) is 3.93. The Morgan fingerprint density at radius 2 is 1.84 bits per heavy atom. The van der Waals surface area contributed by atoms with Gasteiger partial charge in [-0.25, -0.2) is 0 Å². The standard InChI is InChI=1S/C20H23N3O2/c24-19(16-6-10-21-11-7-16)23(17-4-2-1-3-5-17)18-14-20(25-15-18)8-12-22-13-9-20/h1-7,10-11,18,22H,8-9,12-15H2. The second kappa shape index (κ2) is 6.94. The first-order valence-corrected chi connectivity index (χ1v) is 8.91. The van der Waals surface area contributed by atoms with E-state index in [2.05, 4.69) is 10.3 Å². The molecule has 2 saturated heterocycles. The maximum absolute atomic E-state index is 13.2. The topological polar surface area (TPSA) is 54.5 Å². The average molecular weight is 337 g/mol. The summed E-state index contributed by atoms with van der Waals surface area (Å²) in [4.78, 5) is 19.2. The van der Waals surface area contributed by atoms with Crippen molar-refractivity contribution >= 4 is 11.6 Å². The number of piperidine rings is 1. The first kappa shape index (κ1) is 16.2. The van der Waals surface area contributed by atoms with Crippen LogP contribution in [-0.2, 0) is 4.74 Å². The fourth-order valence-corrected chi connectivity index (χ4v) is 3.93. The Balaban J connectivity index is 1.63. The number of pyridine rings is 1. The number of hydrogen-bond donors (Lipinski definition) is 1. The van der Waals surface area contributed by atoms with Crippen LogP contribution in [0.5, 0.6) is 0 Å². The van der Waals surface area contributed by atoms with Crippen molar-refractivity contribution < 1.29 is 9.53 Å². The predicted octanol–water partition coefficient (Wildman–Crippen LogP) is 2.64. The molecule has 1 atom stereocenters. The molecule has 2 aromatic rings. The van der Waals surface area contributed by atoms with Crippen LogP contribution in [0, 0.1) is 0 Å². The summed E-state index contributed by atoms with van der Waals surface area (Å²) in [6, 6.07) is 13.5. The van der Waals surface area contributed by atoms with E-state index in [9.17, 15) is 4.79 Å². The van der Waals surface area contributed by atoms with E-state index in [0.29, 0.717) is 12.2 Å². The summed E-state index contributed by atoms with van der Waals surface area (Å²) in [6.45, 7) is 2.55. The number of hydrogen-bond acceptors (Lipinski definition) is 4. The number of carbonyl (C=O) groups excluding carboxylic acids is 1. The normalized spacial score (nSPS) is 22.0. The van der Waals surface area contributed by atoms with Gasteiger partial charge in [0.2, 0.25) is 0 Å². The van der Waals surface area contributed by atoms with Crippen molar-refractivity contribution in [3.8, 4) is 0 Å². The molecular formula is C20H23N3O2. The summed E-state index contributed by atoms with van der Waals surface area (Å²) in [5.41, 5.74) is 1.50. The smallest absolute Gasteiger partial charge is 0.258 e. The third-order valence-corrected chi connectivity index (χ3v) is 5.25. The molecule has 4 rings (SSSR count). The number of anilines is 1. The van der Waals surface area contributed by atoms with Gasteiger partial charge in [-0.3, -0.25) is 9.78 Å². The summed E-state index contributed by atoms with van der Waals surface area (Å²) in [7, 11) is 0. The lowest BCUT2D eigenvalue weighted by molar-refractivity contribution is -0.0193. The highest BCUT2D eigenvalue weighted by molar-refractivity contribution is 6.06. The van der Waals surface area contributed by atoms with Crippen LogP contribution in [0.25, 0.3) is 0 Å². The third kappa shape index (κ3) is 3.30. The highest BCUT2D eigenvalue weighted by Gasteiger charge is 2.44. The maximum Gasteiger partial charge on any atom is 0.258 e. The minimum absolute atomic E-state index is 0.00758. The molecule has 0 saturated carbocycles. The van der Waals surface area contributed by atoms with Crippen molar-refractivity contribution in [3.63, 3.8) is 0 Å². The van der Waals surface area contributed by atoms with Crippen molar-refractivity contribution in [1.29, 1.82) is 0 Å². The molecule has 1 unspecified atom stereocenters. The first-order valence-electron chi connectivity index (χ1n) is 8.91. The van der Waals surface area contributed by atoms with E-state index in [-0.39, 0.29) is 17.6 Å². The summed E-state index contributed by atoms with van der Waals surface area (Å²) < 4.78 is 6.24. The van der Waals surface area contributed by atoms with Gasteiger partial charge in [-0.2, -0.15) is 0 Å². The van der Waals surface area contributed by atoms with Crippen molar-refractivity contribution in [2.45, 2.75) is 30.9 Å². The summed E-state index contributed by atoms with van der Waals surface area (Å²) in [6.07, 6.45) is 6.23. The fraction of sp³-hybridized carbons (Fsp3) is 0.400. The van der Waals surface area contributed by atoms with Crippen LogP contribution in [0.15, 0.2) is 54.9 Å². The molecule has 1 amide bonds. The molecular weight excluding hydrogens is 314 g/mol. The molecule has 0 bridgehead atoms. The molecule has 0 aliphatic carbocycles. The Hall–Kier alpha value is -2.24. The number of nitrogens with one attached hydrogen (secondary N) is 1. The van der Waals surface area contributed by atoms with Gasteiger partial charge < -0.3 is 15.0 Å². The molecule has 2 aliphatic heterocycles. The number of aromatic nitrogens is 1. The molecule has 3 heterocycles. The van der Waals surface area contributed by atoms with Crippen LogP contribution < -0.4 is 10.2 Å². The maximum atomic E-state index is 13.2. The molecule has 25 heavy (non-hydrogen) atoms. The Morgan fingerprint density at radius 3 is 2.56 bits per heavy atom. The van der Waals surface area contributed by atoms with Gasteiger partial charge in [0.05, 0.1) is 18.2 Å². The van der Waals surface area contributed by atoms with E-state index in [1.807, 2.05) is 35.2 Å². The highest BCUT2D eigenvalue weighted by Crippen LogP contribution is 2.37. The van der Waals surface area contributed by atoms with Crippen molar-refractivity contribution in [2.24, 2.45) is 0 Å².